The molecule has 0 radical (unpaired) electrons. The predicted molar refractivity (Wildman–Crippen MR) is 138 cm³/mol. The van der Waals surface area contributed by atoms with Crippen molar-refractivity contribution in [3.05, 3.63) is 108 Å². The molecule has 0 spiro atoms. The first-order valence-corrected chi connectivity index (χ1v) is 12.1. The zero-order valence-corrected chi connectivity index (χ0v) is 19.4. The highest BCUT2D eigenvalue weighted by Gasteiger charge is 2.41. The molecule has 5 heteroatoms. The van der Waals surface area contributed by atoms with Gasteiger partial charge >= 0.3 is 0 Å². The van der Waals surface area contributed by atoms with E-state index >= 15 is 0 Å². The molecular formula is C30H27N3O2. The summed E-state index contributed by atoms with van der Waals surface area (Å²) in [5.41, 5.74) is 3.79. The minimum atomic E-state index is -0.0205. The molecule has 174 valence electrons. The Kier molecular flexibility index (Phi) is 5.55. The van der Waals surface area contributed by atoms with Gasteiger partial charge < -0.3 is 10.2 Å². The molecule has 2 fully saturated rings. The Hall–Kier alpha value is -3.96. The quantitative estimate of drug-likeness (QED) is 0.478. The molecule has 1 N–H and O–H groups in total. The summed E-state index contributed by atoms with van der Waals surface area (Å²) in [7, 11) is 0. The van der Waals surface area contributed by atoms with Gasteiger partial charge in [0.25, 0.3) is 11.8 Å². The Bertz CT molecular complexity index is 1370. The maximum Gasteiger partial charge on any atom is 0.253 e. The van der Waals surface area contributed by atoms with Gasteiger partial charge in [-0.25, -0.2) is 0 Å². The average molecular weight is 462 g/mol. The van der Waals surface area contributed by atoms with E-state index in [1.807, 2.05) is 71.6 Å². The molecule has 0 aromatic heterocycles. The summed E-state index contributed by atoms with van der Waals surface area (Å²) < 4.78 is 0. The number of amides is 2. The molecule has 2 heterocycles. The minimum Gasteiger partial charge on any atom is -0.347 e. The molecular weight excluding hydrogens is 434 g/mol. The summed E-state index contributed by atoms with van der Waals surface area (Å²) in [6.07, 6.45) is 0. The van der Waals surface area contributed by atoms with E-state index in [-0.39, 0.29) is 17.9 Å². The third kappa shape index (κ3) is 4.31. The van der Waals surface area contributed by atoms with Crippen molar-refractivity contribution >= 4 is 22.6 Å². The van der Waals surface area contributed by atoms with Crippen molar-refractivity contribution in [1.82, 2.24) is 15.1 Å². The number of hydrogen-bond acceptors (Lipinski definition) is 3. The lowest BCUT2D eigenvalue weighted by atomic mass is 9.97. The fraction of sp³-hybridized carbons (Fsp3) is 0.200. The van der Waals surface area contributed by atoms with Crippen LogP contribution >= 0.6 is 0 Å². The van der Waals surface area contributed by atoms with Gasteiger partial charge in [-0.05, 0) is 52.2 Å². The fourth-order valence-electron chi connectivity index (χ4n) is 4.98. The Balaban J connectivity index is 1.03. The monoisotopic (exact) mass is 461 g/mol. The van der Waals surface area contributed by atoms with Gasteiger partial charge in [-0.2, -0.15) is 0 Å². The van der Waals surface area contributed by atoms with Crippen LogP contribution in [0.5, 0.6) is 0 Å². The molecule has 5 nitrogen and oxygen atoms in total. The van der Waals surface area contributed by atoms with Crippen molar-refractivity contribution in [1.29, 1.82) is 0 Å². The van der Waals surface area contributed by atoms with Crippen LogP contribution in [0, 0.1) is 0 Å². The highest BCUT2D eigenvalue weighted by Crippen LogP contribution is 2.27. The number of likely N-dealkylation sites (tertiary alicyclic amines) is 2. The molecule has 2 saturated heterocycles. The predicted octanol–water partition coefficient (Wildman–Crippen LogP) is 4.45. The van der Waals surface area contributed by atoms with E-state index in [9.17, 15) is 9.59 Å². The van der Waals surface area contributed by atoms with Crippen molar-refractivity contribution in [2.24, 2.45) is 0 Å². The molecule has 2 aliphatic heterocycles. The van der Waals surface area contributed by atoms with Crippen LogP contribution in [0.15, 0.2) is 97.1 Å². The van der Waals surface area contributed by atoms with Crippen molar-refractivity contribution in [2.45, 2.75) is 12.1 Å². The molecule has 4 aromatic rings. The number of nitrogens with zero attached hydrogens (tertiary/aromatic N) is 2. The maximum absolute atomic E-state index is 13.1. The Morgan fingerprint density at radius 2 is 1.31 bits per heavy atom. The van der Waals surface area contributed by atoms with Crippen molar-refractivity contribution in [3.63, 3.8) is 0 Å². The first kappa shape index (κ1) is 21.6. The number of fused-ring (bicyclic) bond motifs is 1. The summed E-state index contributed by atoms with van der Waals surface area (Å²) in [4.78, 5) is 29.6. The van der Waals surface area contributed by atoms with Gasteiger partial charge in [0.05, 0.1) is 6.04 Å². The second-order valence-electron chi connectivity index (χ2n) is 9.50. The summed E-state index contributed by atoms with van der Waals surface area (Å²) in [5.74, 6) is 0.0672. The van der Waals surface area contributed by atoms with E-state index < -0.39 is 0 Å². The Labute approximate surface area is 205 Å². The first-order chi connectivity index (χ1) is 17.1. The van der Waals surface area contributed by atoms with Crippen LogP contribution < -0.4 is 5.32 Å². The lowest BCUT2D eigenvalue weighted by molar-refractivity contribution is -0.00940. The molecule has 0 saturated carbocycles. The molecule has 4 aromatic carbocycles. The van der Waals surface area contributed by atoms with Gasteiger partial charge in [0.2, 0.25) is 0 Å². The van der Waals surface area contributed by atoms with Gasteiger partial charge in [-0.1, -0.05) is 66.7 Å². The van der Waals surface area contributed by atoms with Gasteiger partial charge in [0.15, 0.2) is 0 Å². The van der Waals surface area contributed by atoms with Crippen LogP contribution in [-0.4, -0.2) is 59.9 Å². The second kappa shape index (κ2) is 9.01. The summed E-state index contributed by atoms with van der Waals surface area (Å²) >= 11 is 0. The van der Waals surface area contributed by atoms with Gasteiger partial charge in [-0.3, -0.25) is 14.5 Å². The molecule has 2 aliphatic rings. The van der Waals surface area contributed by atoms with E-state index in [2.05, 4.69) is 40.5 Å². The van der Waals surface area contributed by atoms with Crippen LogP contribution in [-0.2, 0) is 0 Å². The minimum absolute atomic E-state index is 0.0205. The summed E-state index contributed by atoms with van der Waals surface area (Å²) in [6, 6.07) is 32.6. The Morgan fingerprint density at radius 3 is 2.06 bits per heavy atom. The SMILES string of the molecule is O=C(NC1CN(C2CN(C(=O)c3ccc4cc(-c5ccccc5)ccc4c3)C2)C1)c1ccccc1. The maximum atomic E-state index is 13.1. The molecule has 2 amide bonds. The summed E-state index contributed by atoms with van der Waals surface area (Å²) in [6.45, 7) is 3.16. The lowest BCUT2D eigenvalue weighted by Crippen LogP contribution is -2.70. The second-order valence-corrected chi connectivity index (χ2v) is 9.50. The standard InChI is InChI=1S/C30H27N3O2/c34-29(22-9-5-2-6-10-22)31-27-17-32(18-27)28-19-33(20-28)30(35)26-14-13-24-15-23(11-12-25(24)16-26)21-7-3-1-4-8-21/h1-16,27-28H,17-20H2,(H,31,34). The van der Waals surface area contributed by atoms with Crippen LogP contribution in [0.25, 0.3) is 21.9 Å². The number of nitrogens with one attached hydrogen (secondary N) is 1. The van der Waals surface area contributed by atoms with E-state index in [4.69, 9.17) is 0 Å². The van der Waals surface area contributed by atoms with Crippen LogP contribution in [0.3, 0.4) is 0 Å². The highest BCUT2D eigenvalue weighted by atomic mass is 16.2. The molecule has 0 bridgehead atoms. The van der Waals surface area contributed by atoms with E-state index in [0.29, 0.717) is 11.6 Å². The number of hydrogen-bond donors (Lipinski definition) is 1. The topological polar surface area (TPSA) is 52.7 Å². The fourth-order valence-corrected chi connectivity index (χ4v) is 4.98. The van der Waals surface area contributed by atoms with Crippen LogP contribution in [0.1, 0.15) is 20.7 Å². The van der Waals surface area contributed by atoms with Crippen molar-refractivity contribution in [2.75, 3.05) is 26.2 Å². The van der Waals surface area contributed by atoms with Gasteiger partial charge in [-0.15, -0.1) is 0 Å². The number of carbonyl (C=O) groups excluding carboxylic acids is 2. The van der Waals surface area contributed by atoms with Crippen LogP contribution in [0.4, 0.5) is 0 Å². The molecule has 0 atom stereocenters. The van der Waals surface area contributed by atoms with Crippen LogP contribution in [0.2, 0.25) is 0 Å². The normalized spacial score (nSPS) is 16.5. The van der Waals surface area contributed by atoms with E-state index in [1.54, 1.807) is 0 Å². The zero-order valence-electron chi connectivity index (χ0n) is 19.4. The number of carbonyl (C=O) groups is 2. The average Bonchev–Trinajstić information content (AvgIpc) is 2.86. The van der Waals surface area contributed by atoms with Crippen molar-refractivity contribution < 1.29 is 9.59 Å². The smallest absolute Gasteiger partial charge is 0.253 e. The third-order valence-corrected chi connectivity index (χ3v) is 7.14. The Morgan fingerprint density at radius 1 is 0.657 bits per heavy atom. The van der Waals surface area contributed by atoms with Gasteiger partial charge in [0.1, 0.15) is 0 Å². The van der Waals surface area contributed by atoms with E-state index in [0.717, 1.165) is 42.5 Å². The first-order valence-electron chi connectivity index (χ1n) is 12.1. The summed E-state index contributed by atoms with van der Waals surface area (Å²) in [5, 5.41) is 5.30. The molecule has 0 unspecified atom stereocenters. The van der Waals surface area contributed by atoms with Gasteiger partial charge in [0, 0.05) is 43.3 Å². The molecule has 35 heavy (non-hydrogen) atoms. The van der Waals surface area contributed by atoms with E-state index in [1.165, 1.54) is 11.1 Å². The third-order valence-electron chi connectivity index (χ3n) is 7.14. The van der Waals surface area contributed by atoms with Crippen molar-refractivity contribution in [3.8, 4) is 11.1 Å². The number of rotatable bonds is 5. The number of benzene rings is 4. The highest BCUT2D eigenvalue weighted by molar-refractivity contribution is 5.99. The largest absolute Gasteiger partial charge is 0.347 e. The molecule has 0 aliphatic carbocycles. The molecule has 6 rings (SSSR count). The zero-order chi connectivity index (χ0) is 23.8. The lowest BCUT2D eigenvalue weighted by Gasteiger charge is -2.51.